The van der Waals surface area contributed by atoms with Crippen LogP contribution in [0.5, 0.6) is 5.88 Å². The lowest BCUT2D eigenvalue weighted by Crippen LogP contribution is -2.17. The molecule has 21 heavy (non-hydrogen) atoms. The number of rotatable bonds is 6. The van der Waals surface area contributed by atoms with Gasteiger partial charge in [-0.1, -0.05) is 30.6 Å². The highest BCUT2D eigenvalue weighted by atomic mass is 79.9. The van der Waals surface area contributed by atoms with E-state index in [1.165, 1.54) is 6.20 Å². The van der Waals surface area contributed by atoms with Crippen LogP contribution >= 0.6 is 16.1 Å². The van der Waals surface area contributed by atoms with Gasteiger partial charge in [-0.2, -0.15) is 0 Å². The molecule has 0 spiro atoms. The quantitative estimate of drug-likeness (QED) is 0.618. The third kappa shape index (κ3) is 3.75. The number of aryl methyl sites for hydroxylation is 1. The summed E-state index contributed by atoms with van der Waals surface area (Å²) in [4.78, 5) is 12.6. The summed E-state index contributed by atoms with van der Waals surface area (Å²) in [7, 11) is 0. The predicted molar refractivity (Wildman–Crippen MR) is 80.6 cm³/mol. The molecule has 7 heteroatoms. The van der Waals surface area contributed by atoms with Crippen molar-refractivity contribution in [2.45, 2.75) is 26.4 Å². The highest BCUT2D eigenvalue weighted by Crippen LogP contribution is 2.19. The standard InChI is InChI=1S/C14H16BrN3O3/c1-2-4-10-5-3-6-11(14(19)16-15)12(10)9-21-13-7-8-18(20)17-13/h3,5-8,20H,2,4,9H2,1H3,(H,16,19). The van der Waals surface area contributed by atoms with Crippen molar-refractivity contribution >= 4 is 22.1 Å². The third-order valence-corrected chi connectivity index (χ3v) is 3.40. The van der Waals surface area contributed by atoms with E-state index in [9.17, 15) is 4.79 Å². The lowest BCUT2D eigenvalue weighted by atomic mass is 9.98. The van der Waals surface area contributed by atoms with Gasteiger partial charge in [-0.3, -0.25) is 9.14 Å². The van der Waals surface area contributed by atoms with E-state index in [4.69, 9.17) is 9.94 Å². The van der Waals surface area contributed by atoms with E-state index in [1.807, 2.05) is 12.1 Å². The van der Waals surface area contributed by atoms with Crippen molar-refractivity contribution in [3.8, 4) is 5.88 Å². The first-order valence-electron chi connectivity index (χ1n) is 6.55. The summed E-state index contributed by atoms with van der Waals surface area (Å²) in [6, 6.07) is 7.14. The highest BCUT2D eigenvalue weighted by Gasteiger charge is 2.15. The Balaban J connectivity index is 2.27. The Morgan fingerprint density at radius 3 is 2.90 bits per heavy atom. The van der Waals surface area contributed by atoms with Gasteiger partial charge < -0.3 is 9.94 Å². The van der Waals surface area contributed by atoms with Crippen LogP contribution in [0.4, 0.5) is 0 Å². The van der Waals surface area contributed by atoms with Crippen LogP contribution in [0.2, 0.25) is 0 Å². The molecule has 112 valence electrons. The molecule has 0 aliphatic heterocycles. The van der Waals surface area contributed by atoms with Crippen LogP contribution in [-0.2, 0) is 13.0 Å². The monoisotopic (exact) mass is 353 g/mol. The summed E-state index contributed by atoms with van der Waals surface area (Å²) in [6.07, 6.45) is 3.20. The Morgan fingerprint density at radius 1 is 1.48 bits per heavy atom. The van der Waals surface area contributed by atoms with Crippen molar-refractivity contribution < 1.29 is 14.7 Å². The van der Waals surface area contributed by atoms with Crippen molar-refractivity contribution in [3.05, 3.63) is 47.2 Å². The van der Waals surface area contributed by atoms with Crippen molar-refractivity contribution in [1.29, 1.82) is 0 Å². The molecule has 0 radical (unpaired) electrons. The molecule has 0 saturated carbocycles. The van der Waals surface area contributed by atoms with Crippen LogP contribution in [0.1, 0.15) is 34.8 Å². The Kier molecular flexibility index (Phi) is 5.21. The summed E-state index contributed by atoms with van der Waals surface area (Å²) in [5.74, 6) is 0.0771. The van der Waals surface area contributed by atoms with E-state index in [-0.39, 0.29) is 12.5 Å². The fourth-order valence-electron chi connectivity index (χ4n) is 2.09. The van der Waals surface area contributed by atoms with Crippen molar-refractivity contribution in [2.24, 2.45) is 0 Å². The van der Waals surface area contributed by atoms with Crippen molar-refractivity contribution in [1.82, 2.24) is 14.3 Å². The second-order valence-corrected chi connectivity index (χ2v) is 4.88. The Bertz CT molecular complexity index is 628. The largest absolute Gasteiger partial charge is 0.472 e. The topological polar surface area (TPSA) is 76.4 Å². The maximum atomic E-state index is 11.9. The molecule has 2 aromatic rings. The first-order chi connectivity index (χ1) is 10.2. The van der Waals surface area contributed by atoms with Gasteiger partial charge in [0.15, 0.2) is 0 Å². The molecular weight excluding hydrogens is 338 g/mol. The highest BCUT2D eigenvalue weighted by molar-refractivity contribution is 9.08. The van der Waals surface area contributed by atoms with E-state index in [0.29, 0.717) is 16.3 Å². The molecule has 1 amide bonds. The minimum absolute atomic E-state index is 0.211. The molecule has 6 nitrogen and oxygen atoms in total. The number of nitrogens with one attached hydrogen (secondary N) is 1. The molecule has 1 heterocycles. The van der Waals surface area contributed by atoms with Gasteiger partial charge in [0.05, 0.1) is 6.20 Å². The maximum Gasteiger partial charge on any atom is 0.261 e. The summed E-state index contributed by atoms with van der Waals surface area (Å²) in [6.45, 7) is 2.29. The number of hydrogen-bond acceptors (Lipinski definition) is 4. The second kappa shape index (κ2) is 7.12. The molecule has 1 aromatic carbocycles. The molecule has 1 aromatic heterocycles. The minimum Gasteiger partial charge on any atom is -0.472 e. The van der Waals surface area contributed by atoms with Gasteiger partial charge in [-0.15, -0.1) is 4.85 Å². The first kappa shape index (κ1) is 15.4. The zero-order valence-electron chi connectivity index (χ0n) is 11.5. The van der Waals surface area contributed by atoms with E-state index in [1.54, 1.807) is 12.1 Å². The molecule has 0 saturated heterocycles. The number of carbonyl (C=O) groups excluding carboxylic acids is 1. The lowest BCUT2D eigenvalue weighted by Gasteiger charge is -2.13. The number of amides is 1. The first-order valence-corrected chi connectivity index (χ1v) is 7.34. The maximum absolute atomic E-state index is 11.9. The van der Waals surface area contributed by atoms with Crippen LogP contribution in [0.3, 0.4) is 0 Å². The van der Waals surface area contributed by atoms with E-state index >= 15 is 0 Å². The predicted octanol–water partition coefficient (Wildman–Crippen LogP) is 2.69. The number of hydrogen-bond donors (Lipinski definition) is 2. The normalized spacial score (nSPS) is 10.4. The molecule has 0 fully saturated rings. The van der Waals surface area contributed by atoms with Gasteiger partial charge >= 0.3 is 0 Å². The second-order valence-electron chi connectivity index (χ2n) is 4.48. The van der Waals surface area contributed by atoms with Gasteiger partial charge in [0.1, 0.15) is 6.61 Å². The number of benzene rings is 1. The average Bonchev–Trinajstić information content (AvgIpc) is 2.91. The van der Waals surface area contributed by atoms with E-state index in [2.05, 4.69) is 32.5 Å². The van der Waals surface area contributed by atoms with Gasteiger partial charge in [0.25, 0.3) is 5.91 Å². The number of halogens is 1. The zero-order valence-corrected chi connectivity index (χ0v) is 13.1. The van der Waals surface area contributed by atoms with Crippen molar-refractivity contribution in [3.63, 3.8) is 0 Å². The van der Waals surface area contributed by atoms with Crippen LogP contribution in [0.25, 0.3) is 0 Å². The minimum atomic E-state index is -0.223. The van der Waals surface area contributed by atoms with Gasteiger partial charge in [-0.25, -0.2) is 0 Å². The van der Waals surface area contributed by atoms with Gasteiger partial charge in [0.2, 0.25) is 5.88 Å². The Labute approximate surface area is 131 Å². The van der Waals surface area contributed by atoms with E-state index in [0.717, 1.165) is 24.0 Å². The molecular formula is C14H16BrN3O3. The van der Waals surface area contributed by atoms with E-state index < -0.39 is 0 Å². The molecule has 0 aliphatic carbocycles. The summed E-state index contributed by atoms with van der Waals surface area (Å²) >= 11 is 2.96. The SMILES string of the molecule is CCCc1cccc(C(=O)NBr)c1COc1ccn(O)n1. The molecule has 0 atom stereocenters. The van der Waals surface area contributed by atoms with Crippen LogP contribution in [0.15, 0.2) is 30.5 Å². The average molecular weight is 354 g/mol. The van der Waals surface area contributed by atoms with Crippen molar-refractivity contribution in [2.75, 3.05) is 0 Å². The van der Waals surface area contributed by atoms with Crippen LogP contribution < -0.4 is 9.08 Å². The molecule has 0 aliphatic rings. The molecule has 2 rings (SSSR count). The van der Waals surface area contributed by atoms with Gasteiger partial charge in [-0.05, 0) is 18.1 Å². The molecule has 0 bridgehead atoms. The third-order valence-electron chi connectivity index (χ3n) is 3.04. The smallest absolute Gasteiger partial charge is 0.261 e. The lowest BCUT2D eigenvalue weighted by molar-refractivity contribution is 0.0983. The fourth-order valence-corrected chi connectivity index (χ4v) is 2.31. The summed E-state index contributed by atoms with van der Waals surface area (Å²) < 4.78 is 8.00. The Morgan fingerprint density at radius 2 is 2.29 bits per heavy atom. The zero-order chi connectivity index (χ0) is 15.2. The number of ether oxygens (including phenoxy) is 1. The van der Waals surface area contributed by atoms with Gasteiger partial charge in [0, 0.05) is 33.3 Å². The number of aromatic nitrogens is 2. The van der Waals surface area contributed by atoms with Crippen LogP contribution in [0, 0.1) is 0 Å². The number of nitrogens with zero attached hydrogens (tertiary/aromatic N) is 2. The summed E-state index contributed by atoms with van der Waals surface area (Å²) in [5, 5.41) is 12.9. The fraction of sp³-hybridized carbons (Fsp3) is 0.286. The summed E-state index contributed by atoms with van der Waals surface area (Å²) in [5.41, 5.74) is 2.44. The van der Waals surface area contributed by atoms with Crippen LogP contribution in [-0.4, -0.2) is 21.1 Å². The molecule has 0 unspecified atom stereocenters. The number of carbonyl (C=O) groups is 1. The Hall–Kier alpha value is -2.02. The molecule has 2 N–H and O–H groups in total.